The van der Waals surface area contributed by atoms with Crippen LogP contribution in [0.5, 0.6) is 0 Å². The van der Waals surface area contributed by atoms with Gasteiger partial charge in [0, 0.05) is 12.9 Å². The fraction of sp³-hybridized carbons (Fsp3) is 0.455. The van der Waals surface area contributed by atoms with Crippen LogP contribution in [0.2, 0.25) is 0 Å². The van der Waals surface area contributed by atoms with Gasteiger partial charge < -0.3 is 10.8 Å². The van der Waals surface area contributed by atoms with E-state index < -0.39 is 9.84 Å². The minimum Gasteiger partial charge on any atom is -0.396 e. The van der Waals surface area contributed by atoms with Crippen molar-refractivity contribution in [2.75, 3.05) is 19.4 Å². The van der Waals surface area contributed by atoms with Crippen molar-refractivity contribution in [3.05, 3.63) is 29.8 Å². The second kappa shape index (κ2) is 5.43. The lowest BCUT2D eigenvalue weighted by Crippen LogP contribution is -2.20. The molecule has 1 aromatic rings. The minimum absolute atomic E-state index is 0.0316. The SMILES string of the molecule is CS(=O)(=O)c1ccc(CC(CN)CO)cc1. The molecule has 0 heterocycles. The Hall–Kier alpha value is -0.910. The smallest absolute Gasteiger partial charge is 0.175 e. The zero-order valence-corrected chi connectivity index (χ0v) is 10.1. The predicted molar refractivity (Wildman–Crippen MR) is 62.9 cm³/mol. The van der Waals surface area contributed by atoms with Crippen molar-refractivity contribution >= 4 is 9.84 Å². The topological polar surface area (TPSA) is 80.4 Å². The minimum atomic E-state index is -3.13. The van der Waals surface area contributed by atoms with Crippen molar-refractivity contribution in [1.82, 2.24) is 0 Å². The van der Waals surface area contributed by atoms with Crippen molar-refractivity contribution in [1.29, 1.82) is 0 Å². The van der Waals surface area contributed by atoms with Crippen LogP contribution in [0.25, 0.3) is 0 Å². The molecular weight excluding hydrogens is 226 g/mol. The molecule has 4 nitrogen and oxygen atoms in total. The van der Waals surface area contributed by atoms with Crippen LogP contribution in [0.4, 0.5) is 0 Å². The van der Waals surface area contributed by atoms with Crippen LogP contribution in [0.3, 0.4) is 0 Å². The molecule has 0 spiro atoms. The molecule has 16 heavy (non-hydrogen) atoms. The third-order valence-electron chi connectivity index (χ3n) is 2.47. The van der Waals surface area contributed by atoms with E-state index in [2.05, 4.69) is 0 Å². The fourth-order valence-electron chi connectivity index (χ4n) is 1.43. The van der Waals surface area contributed by atoms with Crippen LogP contribution >= 0.6 is 0 Å². The van der Waals surface area contributed by atoms with E-state index >= 15 is 0 Å². The third-order valence-corrected chi connectivity index (χ3v) is 3.60. The van der Waals surface area contributed by atoms with E-state index in [1.54, 1.807) is 24.3 Å². The van der Waals surface area contributed by atoms with Crippen LogP contribution in [-0.4, -0.2) is 32.9 Å². The molecule has 90 valence electrons. The van der Waals surface area contributed by atoms with Gasteiger partial charge in [0.1, 0.15) is 0 Å². The Morgan fingerprint density at radius 3 is 2.25 bits per heavy atom. The van der Waals surface area contributed by atoms with Gasteiger partial charge in [-0.25, -0.2) is 8.42 Å². The Balaban J connectivity index is 2.80. The number of sulfone groups is 1. The lowest BCUT2D eigenvalue weighted by molar-refractivity contribution is 0.230. The molecule has 1 unspecified atom stereocenters. The highest BCUT2D eigenvalue weighted by Gasteiger charge is 2.09. The molecular formula is C11H17NO3S. The summed E-state index contributed by atoms with van der Waals surface area (Å²) in [5, 5.41) is 9.00. The predicted octanol–water partition coefficient (Wildman–Crippen LogP) is 0.200. The van der Waals surface area contributed by atoms with Crippen LogP contribution in [0, 0.1) is 5.92 Å². The largest absolute Gasteiger partial charge is 0.396 e. The zero-order valence-electron chi connectivity index (χ0n) is 9.26. The molecule has 3 N–H and O–H groups in total. The normalized spacial score (nSPS) is 13.7. The van der Waals surface area contributed by atoms with Gasteiger partial charge in [0.2, 0.25) is 0 Å². The first-order valence-corrected chi connectivity index (χ1v) is 6.96. The molecule has 0 saturated carbocycles. The van der Waals surface area contributed by atoms with E-state index in [4.69, 9.17) is 10.8 Å². The van der Waals surface area contributed by atoms with Crippen molar-refractivity contribution in [3.63, 3.8) is 0 Å². The van der Waals surface area contributed by atoms with Crippen molar-refractivity contribution in [3.8, 4) is 0 Å². The van der Waals surface area contributed by atoms with Crippen molar-refractivity contribution in [2.24, 2.45) is 11.7 Å². The van der Waals surface area contributed by atoms with E-state index in [1.807, 2.05) is 0 Å². The number of aliphatic hydroxyl groups is 1. The molecule has 0 aliphatic rings. The van der Waals surface area contributed by atoms with Crippen molar-refractivity contribution in [2.45, 2.75) is 11.3 Å². The standard InChI is InChI=1S/C11H17NO3S/c1-16(14,15)11-4-2-9(3-5-11)6-10(7-12)8-13/h2-5,10,13H,6-8,12H2,1H3. The van der Waals surface area contributed by atoms with Crippen molar-refractivity contribution < 1.29 is 13.5 Å². The average molecular weight is 243 g/mol. The van der Waals surface area contributed by atoms with Crippen LogP contribution < -0.4 is 5.73 Å². The number of rotatable bonds is 5. The average Bonchev–Trinajstić information content (AvgIpc) is 2.25. The Kier molecular flexibility index (Phi) is 4.46. The van der Waals surface area contributed by atoms with E-state index in [9.17, 15) is 8.42 Å². The number of benzene rings is 1. The fourth-order valence-corrected chi connectivity index (χ4v) is 2.06. The second-order valence-electron chi connectivity index (χ2n) is 3.90. The van der Waals surface area contributed by atoms with E-state index in [-0.39, 0.29) is 12.5 Å². The van der Waals surface area contributed by atoms with Gasteiger partial charge >= 0.3 is 0 Å². The molecule has 0 saturated heterocycles. The van der Waals surface area contributed by atoms with Gasteiger partial charge in [-0.3, -0.25) is 0 Å². The number of hydrogen-bond acceptors (Lipinski definition) is 4. The molecule has 0 aromatic heterocycles. The second-order valence-corrected chi connectivity index (χ2v) is 5.92. The van der Waals surface area contributed by atoms with E-state index in [1.165, 1.54) is 6.26 Å². The summed E-state index contributed by atoms with van der Waals surface area (Å²) in [5.74, 6) is 0.0316. The molecule has 0 bridgehead atoms. The number of hydrogen-bond donors (Lipinski definition) is 2. The summed E-state index contributed by atoms with van der Waals surface area (Å²) in [5.41, 5.74) is 6.46. The molecule has 0 amide bonds. The number of nitrogens with two attached hydrogens (primary N) is 1. The van der Waals surface area contributed by atoms with Crippen LogP contribution in [0.15, 0.2) is 29.2 Å². The van der Waals surface area contributed by atoms with Gasteiger partial charge in [0.15, 0.2) is 9.84 Å². The highest BCUT2D eigenvalue weighted by atomic mass is 32.2. The molecule has 0 radical (unpaired) electrons. The molecule has 1 atom stereocenters. The van der Waals surface area contributed by atoms with Gasteiger partial charge in [-0.05, 0) is 36.6 Å². The summed E-state index contributed by atoms with van der Waals surface area (Å²) in [6.07, 6.45) is 1.84. The van der Waals surface area contributed by atoms with Gasteiger partial charge in [-0.15, -0.1) is 0 Å². The molecule has 1 aromatic carbocycles. The maximum atomic E-state index is 11.2. The molecule has 5 heteroatoms. The maximum Gasteiger partial charge on any atom is 0.175 e. The van der Waals surface area contributed by atoms with Gasteiger partial charge in [-0.2, -0.15) is 0 Å². The Labute approximate surface area is 96.0 Å². The lowest BCUT2D eigenvalue weighted by Gasteiger charge is -2.11. The summed E-state index contributed by atoms with van der Waals surface area (Å²) < 4.78 is 22.4. The molecule has 0 aliphatic heterocycles. The third kappa shape index (κ3) is 3.59. The molecule has 0 fully saturated rings. The first-order chi connectivity index (χ1) is 7.47. The summed E-state index contributed by atoms with van der Waals surface area (Å²) in [6.45, 7) is 0.467. The van der Waals surface area contributed by atoms with Crippen LogP contribution in [-0.2, 0) is 16.3 Å². The number of aliphatic hydroxyl groups excluding tert-OH is 1. The Bertz CT molecular complexity index is 421. The zero-order chi connectivity index (χ0) is 12.2. The van der Waals surface area contributed by atoms with Gasteiger partial charge in [0.25, 0.3) is 0 Å². The monoisotopic (exact) mass is 243 g/mol. The highest BCUT2D eigenvalue weighted by Crippen LogP contribution is 2.13. The first-order valence-electron chi connectivity index (χ1n) is 5.07. The van der Waals surface area contributed by atoms with Gasteiger partial charge in [-0.1, -0.05) is 12.1 Å². The lowest BCUT2D eigenvalue weighted by atomic mass is 10.0. The maximum absolute atomic E-state index is 11.2. The summed E-state index contributed by atoms with van der Waals surface area (Å²) in [6, 6.07) is 6.68. The summed E-state index contributed by atoms with van der Waals surface area (Å²) >= 11 is 0. The summed E-state index contributed by atoms with van der Waals surface area (Å²) in [4.78, 5) is 0.310. The van der Waals surface area contributed by atoms with E-state index in [0.29, 0.717) is 17.9 Å². The quantitative estimate of drug-likeness (QED) is 0.774. The Morgan fingerprint density at radius 2 is 1.88 bits per heavy atom. The first kappa shape index (κ1) is 13.2. The summed E-state index contributed by atoms with van der Waals surface area (Å²) in [7, 11) is -3.13. The highest BCUT2D eigenvalue weighted by molar-refractivity contribution is 7.90. The molecule has 0 aliphatic carbocycles. The Morgan fingerprint density at radius 1 is 1.31 bits per heavy atom. The van der Waals surface area contributed by atoms with Gasteiger partial charge in [0.05, 0.1) is 4.90 Å². The molecule has 1 rings (SSSR count). The van der Waals surface area contributed by atoms with E-state index in [0.717, 1.165) is 5.56 Å². The van der Waals surface area contributed by atoms with Crippen LogP contribution in [0.1, 0.15) is 5.56 Å².